The Hall–Kier alpha value is -1.65. The number of hydrogen-bond acceptors (Lipinski definition) is 3. The van der Waals surface area contributed by atoms with Crippen LogP contribution in [-0.4, -0.2) is 31.9 Å². The van der Waals surface area contributed by atoms with E-state index in [2.05, 4.69) is 60.4 Å². The highest BCUT2D eigenvalue weighted by molar-refractivity contribution is 7.90. The molecule has 0 heterocycles. The average Bonchev–Trinajstić information content (AvgIpc) is 2.96. The van der Waals surface area contributed by atoms with Gasteiger partial charge in [0, 0.05) is 25.4 Å². The Bertz CT molecular complexity index is 797. The molecule has 0 unspecified atom stereocenters. The van der Waals surface area contributed by atoms with Crippen LogP contribution < -0.4 is 0 Å². The summed E-state index contributed by atoms with van der Waals surface area (Å²) >= 11 is 0. The zero-order valence-electron chi connectivity index (χ0n) is 14.4. The zero-order valence-corrected chi connectivity index (χ0v) is 15.2. The molecule has 0 spiro atoms. The third-order valence-electron chi connectivity index (χ3n) is 4.80. The van der Waals surface area contributed by atoms with Crippen molar-refractivity contribution in [3.8, 4) is 0 Å². The van der Waals surface area contributed by atoms with Gasteiger partial charge in [0.25, 0.3) is 0 Å². The molecule has 0 saturated heterocycles. The summed E-state index contributed by atoms with van der Waals surface area (Å²) in [4.78, 5) is 2.33. The van der Waals surface area contributed by atoms with Crippen molar-refractivity contribution >= 4 is 9.84 Å². The summed E-state index contributed by atoms with van der Waals surface area (Å²) in [5.41, 5.74) is 5.24. The third kappa shape index (κ3) is 4.25. The molecule has 0 N–H and O–H groups in total. The first kappa shape index (κ1) is 17.2. The summed E-state index contributed by atoms with van der Waals surface area (Å²) in [5.74, 6) is 0.206. The molecule has 1 aliphatic rings. The van der Waals surface area contributed by atoms with E-state index in [0.29, 0.717) is 12.6 Å². The minimum atomic E-state index is -2.97. The fraction of sp³-hybridized carbons (Fsp3) is 0.400. The van der Waals surface area contributed by atoms with Crippen LogP contribution >= 0.6 is 0 Å². The number of benzene rings is 2. The maximum absolute atomic E-state index is 11.7. The largest absolute Gasteiger partial charge is 0.291 e. The Kier molecular flexibility index (Phi) is 5.07. The van der Waals surface area contributed by atoms with Crippen LogP contribution in [0.3, 0.4) is 0 Å². The molecule has 0 bridgehead atoms. The fourth-order valence-corrected chi connectivity index (χ4v) is 4.04. The first-order valence-corrected chi connectivity index (χ1v) is 10.5. The lowest BCUT2D eigenvalue weighted by molar-refractivity contribution is 0.199. The number of aryl methyl sites for hydroxylation is 2. The number of rotatable bonds is 6. The van der Waals surface area contributed by atoms with Gasteiger partial charge in [0.2, 0.25) is 0 Å². The van der Waals surface area contributed by atoms with Gasteiger partial charge in [0.15, 0.2) is 0 Å². The topological polar surface area (TPSA) is 37.4 Å². The fourth-order valence-electron chi connectivity index (χ4n) is 3.47. The molecule has 128 valence electrons. The van der Waals surface area contributed by atoms with Gasteiger partial charge >= 0.3 is 0 Å². The highest BCUT2D eigenvalue weighted by atomic mass is 32.2. The van der Waals surface area contributed by atoms with Crippen molar-refractivity contribution in [2.75, 3.05) is 18.6 Å². The van der Waals surface area contributed by atoms with Crippen LogP contribution in [0.1, 0.15) is 34.7 Å². The lowest BCUT2D eigenvalue weighted by Gasteiger charge is -2.29. The second-order valence-electron chi connectivity index (χ2n) is 6.84. The quantitative estimate of drug-likeness (QED) is 0.805. The van der Waals surface area contributed by atoms with Crippen LogP contribution in [0.15, 0.2) is 48.5 Å². The van der Waals surface area contributed by atoms with Gasteiger partial charge in [0.1, 0.15) is 9.84 Å². The molecular weight excluding hydrogens is 318 g/mol. The molecule has 2 aromatic rings. The number of sulfone groups is 1. The van der Waals surface area contributed by atoms with Crippen LogP contribution in [0, 0.1) is 6.92 Å². The first-order chi connectivity index (χ1) is 11.4. The maximum atomic E-state index is 11.7. The van der Waals surface area contributed by atoms with Gasteiger partial charge in [-0.05, 0) is 36.5 Å². The predicted octanol–water partition coefficient (Wildman–Crippen LogP) is 3.53. The lowest BCUT2D eigenvalue weighted by atomic mass is 10.1. The highest BCUT2D eigenvalue weighted by Gasteiger charge is 2.28. The third-order valence-corrected chi connectivity index (χ3v) is 5.72. The van der Waals surface area contributed by atoms with E-state index in [1.807, 2.05) is 0 Å². The molecule has 2 aromatic carbocycles. The van der Waals surface area contributed by atoms with Crippen molar-refractivity contribution in [3.05, 3.63) is 70.8 Å². The average molecular weight is 343 g/mol. The van der Waals surface area contributed by atoms with E-state index in [1.54, 1.807) is 0 Å². The van der Waals surface area contributed by atoms with Crippen LogP contribution in [0.25, 0.3) is 0 Å². The molecule has 0 fully saturated rings. The molecular formula is C20H25NO2S. The monoisotopic (exact) mass is 343 g/mol. The van der Waals surface area contributed by atoms with E-state index >= 15 is 0 Å². The molecule has 0 radical (unpaired) electrons. The maximum Gasteiger partial charge on any atom is 0.148 e. The molecule has 4 heteroatoms. The molecule has 1 atom stereocenters. The Balaban J connectivity index is 1.83. The van der Waals surface area contributed by atoms with Crippen molar-refractivity contribution in [1.29, 1.82) is 0 Å². The van der Waals surface area contributed by atoms with Crippen molar-refractivity contribution in [2.24, 2.45) is 0 Å². The second-order valence-corrected chi connectivity index (χ2v) is 9.10. The van der Waals surface area contributed by atoms with E-state index in [1.165, 1.54) is 28.5 Å². The highest BCUT2D eigenvalue weighted by Crippen LogP contribution is 2.36. The van der Waals surface area contributed by atoms with Crippen molar-refractivity contribution in [1.82, 2.24) is 4.90 Å². The summed E-state index contributed by atoms with van der Waals surface area (Å²) < 4.78 is 23.3. The standard InChI is InChI=1S/C20H25NO2S/c1-16-7-9-17(10-8-16)15-21(13-14-24(2,22)23)20-12-11-18-5-3-4-6-19(18)20/h3-10,20H,11-15H2,1-2H3/t20-/m1/s1. The van der Waals surface area contributed by atoms with Gasteiger partial charge < -0.3 is 0 Å². The molecule has 0 amide bonds. The Labute approximate surface area is 145 Å². The van der Waals surface area contributed by atoms with E-state index in [-0.39, 0.29) is 5.75 Å². The SMILES string of the molecule is Cc1ccc(CN(CCS(C)(=O)=O)[C@@H]2CCc3ccccc32)cc1. The molecule has 3 rings (SSSR count). The van der Waals surface area contributed by atoms with E-state index in [9.17, 15) is 8.42 Å². The van der Waals surface area contributed by atoms with E-state index in [0.717, 1.165) is 19.4 Å². The van der Waals surface area contributed by atoms with Gasteiger partial charge in [-0.15, -0.1) is 0 Å². The molecule has 0 aromatic heterocycles. The van der Waals surface area contributed by atoms with Gasteiger partial charge in [-0.1, -0.05) is 54.1 Å². The summed E-state index contributed by atoms with van der Waals surface area (Å²) in [6.07, 6.45) is 3.46. The van der Waals surface area contributed by atoms with Crippen molar-refractivity contribution < 1.29 is 8.42 Å². The molecule has 24 heavy (non-hydrogen) atoms. The van der Waals surface area contributed by atoms with Crippen LogP contribution in [-0.2, 0) is 22.8 Å². The minimum absolute atomic E-state index is 0.206. The Morgan fingerprint density at radius 2 is 1.79 bits per heavy atom. The molecule has 0 saturated carbocycles. The molecule has 0 aliphatic heterocycles. The van der Waals surface area contributed by atoms with Crippen LogP contribution in [0.2, 0.25) is 0 Å². The minimum Gasteiger partial charge on any atom is -0.291 e. The van der Waals surface area contributed by atoms with E-state index < -0.39 is 9.84 Å². The normalized spacial score (nSPS) is 17.2. The van der Waals surface area contributed by atoms with Crippen molar-refractivity contribution in [3.63, 3.8) is 0 Å². The lowest BCUT2D eigenvalue weighted by Crippen LogP contribution is -2.31. The number of hydrogen-bond donors (Lipinski definition) is 0. The van der Waals surface area contributed by atoms with Crippen LogP contribution in [0.4, 0.5) is 0 Å². The predicted molar refractivity (Wildman–Crippen MR) is 98.8 cm³/mol. The molecule has 1 aliphatic carbocycles. The Morgan fingerprint density at radius 3 is 2.50 bits per heavy atom. The first-order valence-electron chi connectivity index (χ1n) is 8.47. The smallest absolute Gasteiger partial charge is 0.148 e. The van der Waals surface area contributed by atoms with E-state index in [4.69, 9.17) is 0 Å². The summed E-state index contributed by atoms with van der Waals surface area (Å²) in [7, 11) is -2.97. The number of nitrogens with zero attached hydrogens (tertiary/aromatic N) is 1. The summed E-state index contributed by atoms with van der Waals surface area (Å²) in [6.45, 7) is 3.44. The summed E-state index contributed by atoms with van der Waals surface area (Å²) in [5, 5.41) is 0. The zero-order chi connectivity index (χ0) is 17.2. The van der Waals surface area contributed by atoms with Crippen LogP contribution in [0.5, 0.6) is 0 Å². The van der Waals surface area contributed by atoms with Gasteiger partial charge in [-0.2, -0.15) is 0 Å². The Morgan fingerprint density at radius 1 is 1.08 bits per heavy atom. The van der Waals surface area contributed by atoms with Gasteiger partial charge in [0.05, 0.1) is 5.75 Å². The van der Waals surface area contributed by atoms with Crippen molar-refractivity contribution in [2.45, 2.75) is 32.4 Å². The molecule has 3 nitrogen and oxygen atoms in total. The van der Waals surface area contributed by atoms with Gasteiger partial charge in [-0.3, -0.25) is 4.90 Å². The number of fused-ring (bicyclic) bond motifs is 1. The van der Waals surface area contributed by atoms with Gasteiger partial charge in [-0.25, -0.2) is 8.42 Å². The second kappa shape index (κ2) is 7.08. The summed E-state index contributed by atoms with van der Waals surface area (Å²) in [6, 6.07) is 17.4.